The van der Waals surface area contributed by atoms with Crippen molar-refractivity contribution < 1.29 is 4.74 Å². The van der Waals surface area contributed by atoms with Gasteiger partial charge in [0, 0.05) is 25.4 Å². The Morgan fingerprint density at radius 3 is 2.38 bits per heavy atom. The van der Waals surface area contributed by atoms with E-state index in [0.717, 1.165) is 30.2 Å². The molecule has 1 fully saturated rings. The lowest BCUT2D eigenvalue weighted by atomic mass is 9.92. The highest BCUT2D eigenvalue weighted by molar-refractivity contribution is 5.37. The number of hydrogen-bond acceptors (Lipinski definition) is 4. The molecule has 0 saturated heterocycles. The number of hydrogen-bond donors (Lipinski definition) is 1. The molecule has 0 radical (unpaired) electrons. The molecule has 2 rings (SSSR count). The molecule has 0 atom stereocenters. The fourth-order valence-electron chi connectivity index (χ4n) is 3.10. The molecule has 1 saturated carbocycles. The molecule has 1 aromatic rings. The van der Waals surface area contributed by atoms with E-state index in [0.29, 0.717) is 12.5 Å². The Bertz CT molecular complexity index is 451. The first-order valence-electron chi connectivity index (χ1n) is 8.32. The van der Waals surface area contributed by atoms with Crippen molar-refractivity contribution in [2.45, 2.75) is 70.8 Å². The zero-order chi connectivity index (χ0) is 15.3. The molecule has 0 unspecified atom stereocenters. The Morgan fingerprint density at radius 1 is 1.19 bits per heavy atom. The topological polar surface area (TPSA) is 47.0 Å². The van der Waals surface area contributed by atoms with E-state index in [9.17, 15) is 0 Å². The van der Waals surface area contributed by atoms with Gasteiger partial charge in [-0.1, -0.05) is 39.5 Å². The smallest absolute Gasteiger partial charge is 0.162 e. The Kier molecular flexibility index (Phi) is 5.57. The quantitative estimate of drug-likeness (QED) is 0.825. The molecule has 0 bridgehead atoms. The molecule has 1 heterocycles. The zero-order valence-electron chi connectivity index (χ0n) is 13.9. The second-order valence-electron chi connectivity index (χ2n) is 6.25. The van der Waals surface area contributed by atoms with Crippen LogP contribution < -0.4 is 5.32 Å². The second-order valence-corrected chi connectivity index (χ2v) is 6.25. The molecule has 1 aliphatic carbocycles. The minimum absolute atomic E-state index is 0.290. The molecule has 0 amide bonds. The van der Waals surface area contributed by atoms with Crippen molar-refractivity contribution in [2.24, 2.45) is 0 Å². The van der Waals surface area contributed by atoms with Gasteiger partial charge in [0.15, 0.2) is 5.82 Å². The fraction of sp³-hybridized carbons (Fsp3) is 0.765. The summed E-state index contributed by atoms with van der Waals surface area (Å²) in [5, 5.41) is 3.17. The maximum atomic E-state index is 6.22. The molecule has 4 nitrogen and oxygen atoms in total. The second kappa shape index (κ2) is 7.21. The molecule has 0 spiro atoms. The molecule has 0 aromatic carbocycles. The highest BCUT2D eigenvalue weighted by atomic mass is 16.5. The molecular weight excluding hydrogens is 262 g/mol. The largest absolute Gasteiger partial charge is 0.373 e. The van der Waals surface area contributed by atoms with Crippen LogP contribution in [0.4, 0.5) is 5.82 Å². The third-order valence-electron chi connectivity index (χ3n) is 4.33. The molecule has 1 aromatic heterocycles. The third-order valence-corrected chi connectivity index (χ3v) is 4.33. The molecule has 1 aliphatic rings. The van der Waals surface area contributed by atoms with Crippen LogP contribution in [0.5, 0.6) is 0 Å². The van der Waals surface area contributed by atoms with Crippen LogP contribution in [0.2, 0.25) is 0 Å². The van der Waals surface area contributed by atoms with E-state index in [4.69, 9.17) is 14.7 Å². The van der Waals surface area contributed by atoms with Crippen LogP contribution in [-0.2, 0) is 10.3 Å². The molecular formula is C17H29N3O. The average molecular weight is 291 g/mol. The summed E-state index contributed by atoms with van der Waals surface area (Å²) in [7, 11) is 1.91. The standard InChI is InChI=1S/C17H29N3O/c1-5-21-17(10-8-6-7-9-11-17)16-19-14(13(2)3)12-15(18-4)20-16/h12-13H,5-11H2,1-4H3,(H,18,19,20). The number of nitrogens with zero attached hydrogens (tertiary/aromatic N) is 2. The maximum absolute atomic E-state index is 6.22. The number of rotatable bonds is 5. The zero-order valence-corrected chi connectivity index (χ0v) is 13.9. The van der Waals surface area contributed by atoms with E-state index >= 15 is 0 Å². The van der Waals surface area contributed by atoms with Gasteiger partial charge in [-0.15, -0.1) is 0 Å². The minimum Gasteiger partial charge on any atom is -0.373 e. The molecule has 118 valence electrons. The van der Waals surface area contributed by atoms with E-state index < -0.39 is 0 Å². The van der Waals surface area contributed by atoms with Crippen molar-refractivity contribution in [3.05, 3.63) is 17.6 Å². The Morgan fingerprint density at radius 2 is 1.86 bits per heavy atom. The summed E-state index contributed by atoms with van der Waals surface area (Å²) < 4.78 is 6.22. The van der Waals surface area contributed by atoms with Gasteiger partial charge in [-0.05, 0) is 25.7 Å². The van der Waals surface area contributed by atoms with Gasteiger partial charge in [0.2, 0.25) is 0 Å². The highest BCUT2D eigenvalue weighted by Gasteiger charge is 2.37. The first kappa shape index (κ1) is 16.2. The van der Waals surface area contributed by atoms with Crippen LogP contribution in [0.1, 0.15) is 76.7 Å². The summed E-state index contributed by atoms with van der Waals surface area (Å²) in [5.41, 5.74) is 0.801. The number of nitrogens with one attached hydrogen (secondary N) is 1. The van der Waals surface area contributed by atoms with Gasteiger partial charge in [0.25, 0.3) is 0 Å². The summed E-state index contributed by atoms with van der Waals surface area (Å²) in [6.07, 6.45) is 7.04. The highest BCUT2D eigenvalue weighted by Crippen LogP contribution is 2.38. The van der Waals surface area contributed by atoms with Crippen LogP contribution in [0.15, 0.2) is 6.07 Å². The van der Waals surface area contributed by atoms with Gasteiger partial charge in [0.1, 0.15) is 11.4 Å². The summed E-state index contributed by atoms with van der Waals surface area (Å²) in [5.74, 6) is 2.16. The van der Waals surface area contributed by atoms with E-state index in [1.165, 1.54) is 25.7 Å². The summed E-state index contributed by atoms with van der Waals surface area (Å²) in [6, 6.07) is 2.05. The third kappa shape index (κ3) is 3.73. The van der Waals surface area contributed by atoms with Gasteiger partial charge in [-0.2, -0.15) is 0 Å². The maximum Gasteiger partial charge on any atom is 0.162 e. The van der Waals surface area contributed by atoms with Crippen LogP contribution >= 0.6 is 0 Å². The van der Waals surface area contributed by atoms with Crippen LogP contribution in [-0.4, -0.2) is 23.6 Å². The normalized spacial score (nSPS) is 18.5. The van der Waals surface area contributed by atoms with Gasteiger partial charge >= 0.3 is 0 Å². The van der Waals surface area contributed by atoms with Crippen molar-refractivity contribution in [1.29, 1.82) is 0 Å². The lowest BCUT2D eigenvalue weighted by molar-refractivity contribution is -0.0625. The van der Waals surface area contributed by atoms with E-state index in [-0.39, 0.29) is 5.60 Å². The first-order valence-corrected chi connectivity index (χ1v) is 8.32. The van der Waals surface area contributed by atoms with Crippen molar-refractivity contribution in [2.75, 3.05) is 19.0 Å². The predicted octanol–water partition coefficient (Wildman–Crippen LogP) is 4.23. The van der Waals surface area contributed by atoms with Crippen LogP contribution in [0.3, 0.4) is 0 Å². The lowest BCUT2D eigenvalue weighted by Crippen LogP contribution is -2.32. The van der Waals surface area contributed by atoms with Gasteiger partial charge in [-0.3, -0.25) is 0 Å². The fourth-order valence-corrected chi connectivity index (χ4v) is 3.10. The number of ether oxygens (including phenoxy) is 1. The summed E-state index contributed by atoms with van der Waals surface area (Å²) in [6.45, 7) is 7.13. The SMILES string of the molecule is CCOC1(c2nc(NC)cc(C(C)C)n2)CCCCCC1. The molecule has 4 heteroatoms. The Labute approximate surface area is 128 Å². The van der Waals surface area contributed by atoms with Gasteiger partial charge < -0.3 is 10.1 Å². The molecule has 0 aliphatic heterocycles. The molecule has 1 N–H and O–H groups in total. The monoisotopic (exact) mass is 291 g/mol. The van der Waals surface area contributed by atoms with Gasteiger partial charge in [0.05, 0.1) is 0 Å². The Balaban J connectivity index is 2.45. The number of aromatic nitrogens is 2. The van der Waals surface area contributed by atoms with Crippen molar-refractivity contribution >= 4 is 5.82 Å². The summed E-state index contributed by atoms with van der Waals surface area (Å²) in [4.78, 5) is 9.60. The van der Waals surface area contributed by atoms with E-state index in [1.807, 2.05) is 13.1 Å². The Hall–Kier alpha value is -1.16. The van der Waals surface area contributed by atoms with E-state index in [2.05, 4.69) is 26.1 Å². The lowest BCUT2D eigenvalue weighted by Gasteiger charge is -2.31. The first-order chi connectivity index (χ1) is 10.1. The van der Waals surface area contributed by atoms with E-state index in [1.54, 1.807) is 0 Å². The number of anilines is 1. The van der Waals surface area contributed by atoms with Crippen LogP contribution in [0.25, 0.3) is 0 Å². The van der Waals surface area contributed by atoms with Crippen LogP contribution in [0, 0.1) is 0 Å². The van der Waals surface area contributed by atoms with Crippen molar-refractivity contribution in [1.82, 2.24) is 9.97 Å². The predicted molar refractivity (Wildman–Crippen MR) is 86.7 cm³/mol. The minimum atomic E-state index is -0.290. The summed E-state index contributed by atoms with van der Waals surface area (Å²) >= 11 is 0. The van der Waals surface area contributed by atoms with Gasteiger partial charge in [-0.25, -0.2) is 9.97 Å². The van der Waals surface area contributed by atoms with Crippen molar-refractivity contribution in [3.8, 4) is 0 Å². The molecule has 21 heavy (non-hydrogen) atoms. The van der Waals surface area contributed by atoms with Crippen molar-refractivity contribution in [3.63, 3.8) is 0 Å². The average Bonchev–Trinajstić information content (AvgIpc) is 2.73.